The van der Waals surface area contributed by atoms with Crippen LogP contribution in [-0.4, -0.2) is 22.9 Å². The number of aryl methyl sites for hydroxylation is 1. The summed E-state index contributed by atoms with van der Waals surface area (Å²) in [4.78, 5) is 27.1. The maximum absolute atomic E-state index is 11.9. The zero-order chi connectivity index (χ0) is 14.9. The van der Waals surface area contributed by atoms with Gasteiger partial charge < -0.3 is 4.98 Å². The Morgan fingerprint density at radius 1 is 1.20 bits per heavy atom. The third-order valence-corrected chi connectivity index (χ3v) is 3.92. The molecule has 2 rings (SSSR count). The topological polar surface area (TPSA) is 120 Å². The standard InChI is InChI=1S/C12H14N2O5S/c1-2-3-4-7-5-6-8(20(17,18)19)10-9(7)11(15)14-12(16)13-10/h5-6H,2-4H2,1H3,(H,17,18,19)(H2,13,14,15,16). The molecule has 1 heterocycles. The fourth-order valence-electron chi connectivity index (χ4n) is 2.11. The predicted molar refractivity (Wildman–Crippen MR) is 73.6 cm³/mol. The molecule has 0 radical (unpaired) electrons. The van der Waals surface area contributed by atoms with Crippen molar-refractivity contribution < 1.29 is 13.0 Å². The minimum absolute atomic E-state index is 0.0909. The van der Waals surface area contributed by atoms with Gasteiger partial charge in [0.1, 0.15) is 4.90 Å². The largest absolute Gasteiger partial charge is 0.326 e. The van der Waals surface area contributed by atoms with Crippen molar-refractivity contribution in [2.75, 3.05) is 0 Å². The van der Waals surface area contributed by atoms with E-state index in [-0.39, 0.29) is 10.9 Å². The Balaban J connectivity index is 2.90. The maximum Gasteiger partial charge on any atom is 0.326 e. The van der Waals surface area contributed by atoms with E-state index in [4.69, 9.17) is 0 Å². The van der Waals surface area contributed by atoms with Crippen LogP contribution in [0.25, 0.3) is 10.9 Å². The minimum Gasteiger partial charge on any atom is -0.305 e. The highest BCUT2D eigenvalue weighted by Gasteiger charge is 2.18. The molecule has 0 aliphatic rings. The van der Waals surface area contributed by atoms with E-state index < -0.39 is 26.3 Å². The SMILES string of the molecule is CCCCc1ccc(S(=O)(=O)O)c2[nH]c(=O)[nH]c(=O)c12. The zero-order valence-corrected chi connectivity index (χ0v) is 11.6. The summed E-state index contributed by atoms with van der Waals surface area (Å²) in [5.74, 6) is 0. The molecule has 108 valence electrons. The fourth-order valence-corrected chi connectivity index (χ4v) is 2.76. The quantitative estimate of drug-likeness (QED) is 0.721. The van der Waals surface area contributed by atoms with Crippen LogP contribution in [0.1, 0.15) is 25.3 Å². The first-order chi connectivity index (χ1) is 9.34. The second kappa shape index (κ2) is 5.22. The zero-order valence-electron chi connectivity index (χ0n) is 10.8. The Labute approximate surface area is 114 Å². The van der Waals surface area contributed by atoms with E-state index in [1.54, 1.807) is 0 Å². The first-order valence-electron chi connectivity index (χ1n) is 6.10. The van der Waals surface area contributed by atoms with Crippen LogP contribution < -0.4 is 11.2 Å². The van der Waals surface area contributed by atoms with Gasteiger partial charge in [0, 0.05) is 0 Å². The third kappa shape index (κ3) is 2.66. The Morgan fingerprint density at radius 2 is 1.90 bits per heavy atom. The summed E-state index contributed by atoms with van der Waals surface area (Å²) in [7, 11) is -4.52. The van der Waals surface area contributed by atoms with Crippen molar-refractivity contribution in [1.82, 2.24) is 9.97 Å². The van der Waals surface area contributed by atoms with Crippen molar-refractivity contribution in [3.8, 4) is 0 Å². The number of hydrogen-bond donors (Lipinski definition) is 3. The van der Waals surface area contributed by atoms with Crippen molar-refractivity contribution in [3.05, 3.63) is 38.5 Å². The van der Waals surface area contributed by atoms with Crippen LogP contribution in [0.4, 0.5) is 0 Å². The molecular weight excluding hydrogens is 284 g/mol. The molecule has 1 aromatic heterocycles. The van der Waals surface area contributed by atoms with E-state index >= 15 is 0 Å². The lowest BCUT2D eigenvalue weighted by Gasteiger charge is -2.08. The number of rotatable bonds is 4. The van der Waals surface area contributed by atoms with Crippen LogP contribution in [0.2, 0.25) is 0 Å². The van der Waals surface area contributed by atoms with Gasteiger partial charge in [0.05, 0.1) is 10.9 Å². The molecule has 0 spiro atoms. The van der Waals surface area contributed by atoms with E-state index in [1.807, 2.05) is 6.92 Å². The lowest BCUT2D eigenvalue weighted by atomic mass is 10.0. The van der Waals surface area contributed by atoms with E-state index in [0.717, 1.165) is 12.8 Å². The van der Waals surface area contributed by atoms with Gasteiger partial charge in [-0.25, -0.2) is 4.79 Å². The number of hydrogen-bond acceptors (Lipinski definition) is 4. The molecule has 7 nitrogen and oxygen atoms in total. The smallest absolute Gasteiger partial charge is 0.305 e. The van der Waals surface area contributed by atoms with E-state index in [9.17, 15) is 22.6 Å². The maximum atomic E-state index is 11.9. The van der Waals surface area contributed by atoms with Crippen molar-refractivity contribution in [2.45, 2.75) is 31.1 Å². The normalized spacial score (nSPS) is 11.9. The van der Waals surface area contributed by atoms with Gasteiger partial charge in [0.15, 0.2) is 0 Å². The van der Waals surface area contributed by atoms with Crippen molar-refractivity contribution in [3.63, 3.8) is 0 Å². The highest BCUT2D eigenvalue weighted by atomic mass is 32.2. The Morgan fingerprint density at radius 3 is 2.50 bits per heavy atom. The highest BCUT2D eigenvalue weighted by Crippen LogP contribution is 2.22. The number of fused-ring (bicyclic) bond motifs is 1. The molecule has 0 atom stereocenters. The Kier molecular flexibility index (Phi) is 3.78. The van der Waals surface area contributed by atoms with E-state index in [1.165, 1.54) is 12.1 Å². The van der Waals surface area contributed by atoms with Gasteiger partial charge in [-0.3, -0.25) is 14.3 Å². The molecule has 0 saturated heterocycles. The Hall–Kier alpha value is -1.93. The highest BCUT2D eigenvalue weighted by molar-refractivity contribution is 7.86. The molecule has 0 saturated carbocycles. The van der Waals surface area contributed by atoms with Crippen molar-refractivity contribution in [2.24, 2.45) is 0 Å². The molecule has 20 heavy (non-hydrogen) atoms. The molecule has 0 amide bonds. The van der Waals surface area contributed by atoms with Crippen LogP contribution in [0.3, 0.4) is 0 Å². The molecule has 0 unspecified atom stereocenters. The van der Waals surface area contributed by atoms with Gasteiger partial charge in [0.2, 0.25) is 0 Å². The average Bonchev–Trinajstić information content (AvgIpc) is 2.33. The lowest BCUT2D eigenvalue weighted by molar-refractivity contribution is 0.484. The van der Waals surface area contributed by atoms with Crippen LogP contribution in [0, 0.1) is 0 Å². The predicted octanol–water partition coefficient (Wildman–Crippen LogP) is 0.806. The van der Waals surface area contributed by atoms with Crippen molar-refractivity contribution in [1.29, 1.82) is 0 Å². The molecule has 0 fully saturated rings. The number of nitrogens with one attached hydrogen (secondary N) is 2. The summed E-state index contributed by atoms with van der Waals surface area (Å²) in [6.45, 7) is 1.99. The van der Waals surface area contributed by atoms with E-state index in [0.29, 0.717) is 12.0 Å². The monoisotopic (exact) mass is 298 g/mol. The van der Waals surface area contributed by atoms with Gasteiger partial charge in [-0.15, -0.1) is 0 Å². The van der Waals surface area contributed by atoms with Crippen LogP contribution in [0.5, 0.6) is 0 Å². The van der Waals surface area contributed by atoms with Gasteiger partial charge in [-0.1, -0.05) is 19.4 Å². The number of H-pyrrole nitrogens is 2. The van der Waals surface area contributed by atoms with Gasteiger partial charge in [-0.05, 0) is 24.5 Å². The first-order valence-corrected chi connectivity index (χ1v) is 7.54. The summed E-state index contributed by atoms with van der Waals surface area (Å²) < 4.78 is 31.8. The molecular formula is C12H14N2O5S. The van der Waals surface area contributed by atoms with Crippen LogP contribution >= 0.6 is 0 Å². The Bertz CT molecular complexity index is 864. The summed E-state index contributed by atoms with van der Waals surface area (Å²) in [5, 5.41) is 0.0909. The molecule has 3 N–H and O–H groups in total. The molecule has 2 aromatic rings. The first kappa shape index (κ1) is 14.5. The fraction of sp³-hybridized carbons (Fsp3) is 0.333. The second-order valence-electron chi connectivity index (χ2n) is 4.46. The lowest BCUT2D eigenvalue weighted by Crippen LogP contribution is -2.24. The number of benzene rings is 1. The summed E-state index contributed by atoms with van der Waals surface area (Å²) in [6, 6.07) is 2.67. The van der Waals surface area contributed by atoms with Gasteiger partial charge in [-0.2, -0.15) is 8.42 Å². The molecule has 8 heteroatoms. The molecule has 0 aliphatic carbocycles. The van der Waals surface area contributed by atoms with E-state index in [2.05, 4.69) is 9.97 Å². The summed E-state index contributed by atoms with van der Waals surface area (Å²) in [5.41, 5.74) is -1.01. The molecule has 0 aliphatic heterocycles. The van der Waals surface area contributed by atoms with Crippen molar-refractivity contribution >= 4 is 21.0 Å². The minimum atomic E-state index is -4.52. The third-order valence-electron chi connectivity index (χ3n) is 3.02. The molecule has 0 bridgehead atoms. The van der Waals surface area contributed by atoms with Gasteiger partial charge in [0.25, 0.3) is 15.7 Å². The van der Waals surface area contributed by atoms with Gasteiger partial charge >= 0.3 is 5.69 Å². The van der Waals surface area contributed by atoms with Crippen LogP contribution in [-0.2, 0) is 16.5 Å². The number of aromatic amines is 2. The summed E-state index contributed by atoms with van der Waals surface area (Å²) in [6.07, 6.45) is 2.30. The van der Waals surface area contributed by atoms with Crippen LogP contribution in [0.15, 0.2) is 26.6 Å². The second-order valence-corrected chi connectivity index (χ2v) is 5.85. The number of aromatic nitrogens is 2. The average molecular weight is 298 g/mol. The molecule has 1 aromatic carbocycles. The summed E-state index contributed by atoms with van der Waals surface area (Å²) >= 11 is 0. The number of unbranched alkanes of at least 4 members (excludes halogenated alkanes) is 1.